The van der Waals surface area contributed by atoms with E-state index in [1.54, 1.807) is 14.0 Å². The Morgan fingerprint density at radius 1 is 1.31 bits per heavy atom. The van der Waals surface area contributed by atoms with Crippen LogP contribution in [0.15, 0.2) is 30.5 Å². The number of hydrogen-bond donors (Lipinski definition) is 1. The zero-order chi connectivity index (χ0) is 19.1. The molecular weight excluding hydrogens is 367 g/mol. The predicted octanol–water partition coefficient (Wildman–Crippen LogP) is 3.28. The average Bonchev–Trinajstić information content (AvgIpc) is 3.10. The lowest BCUT2D eigenvalue weighted by Crippen LogP contribution is -2.32. The molecule has 0 aliphatic carbocycles. The highest BCUT2D eigenvalue weighted by atomic mass is 32.1. The van der Waals surface area contributed by atoms with E-state index in [2.05, 4.69) is 10.3 Å². The van der Waals surface area contributed by atoms with Crippen LogP contribution in [-0.4, -0.2) is 35.3 Å². The summed E-state index contributed by atoms with van der Waals surface area (Å²) in [6, 6.07) is 4.60. The van der Waals surface area contributed by atoms with Gasteiger partial charge in [-0.3, -0.25) is 9.59 Å². The Kier molecular flexibility index (Phi) is 4.74. The summed E-state index contributed by atoms with van der Waals surface area (Å²) in [6.45, 7) is 2.06. The fourth-order valence-electron chi connectivity index (χ4n) is 3.03. The molecule has 0 radical (unpaired) electrons. The molecule has 0 spiro atoms. The molecule has 0 saturated carbocycles. The van der Waals surface area contributed by atoms with E-state index in [0.717, 1.165) is 17.1 Å². The van der Waals surface area contributed by atoms with Gasteiger partial charge in [0.25, 0.3) is 0 Å². The maximum Gasteiger partial charge on any atom is 0.416 e. The van der Waals surface area contributed by atoms with Crippen LogP contribution >= 0.6 is 11.3 Å². The van der Waals surface area contributed by atoms with Gasteiger partial charge in [0.2, 0.25) is 11.8 Å². The molecule has 1 fully saturated rings. The third kappa shape index (κ3) is 3.57. The minimum Gasteiger partial charge on any atom is -0.344 e. The van der Waals surface area contributed by atoms with Gasteiger partial charge in [-0.1, -0.05) is 12.1 Å². The minimum atomic E-state index is -4.43. The van der Waals surface area contributed by atoms with Crippen LogP contribution in [0.5, 0.6) is 0 Å². The van der Waals surface area contributed by atoms with Gasteiger partial charge in [0.1, 0.15) is 10.9 Å². The number of thiazole rings is 1. The Hall–Kier alpha value is -2.42. The standard InChI is InChI=1S/C17H16F3N3O2S/c1-9-21-7-13(26-9)22-15(24)14-12(8-23(2)16(14)25)10-3-5-11(6-4-10)17(18,19)20/h3-7,12,14H,8H2,1-2H3,(H,22,24)/t12-,14+/m0/s1. The van der Waals surface area contributed by atoms with E-state index in [-0.39, 0.29) is 12.5 Å². The molecule has 1 aromatic carbocycles. The molecule has 2 aromatic rings. The van der Waals surface area contributed by atoms with E-state index < -0.39 is 29.5 Å². The Morgan fingerprint density at radius 2 is 1.96 bits per heavy atom. The number of benzene rings is 1. The van der Waals surface area contributed by atoms with Gasteiger partial charge >= 0.3 is 6.18 Å². The van der Waals surface area contributed by atoms with Crippen LogP contribution in [0.25, 0.3) is 0 Å². The van der Waals surface area contributed by atoms with Crippen molar-refractivity contribution in [3.63, 3.8) is 0 Å². The highest BCUT2D eigenvalue weighted by molar-refractivity contribution is 7.15. The number of likely N-dealkylation sites (N-methyl/N-ethyl adjacent to an activating group) is 1. The molecule has 26 heavy (non-hydrogen) atoms. The summed E-state index contributed by atoms with van der Waals surface area (Å²) in [7, 11) is 1.57. The number of halogens is 3. The second-order valence-corrected chi connectivity index (χ2v) is 7.39. The molecule has 2 amide bonds. The van der Waals surface area contributed by atoms with Gasteiger partial charge in [0.15, 0.2) is 0 Å². The number of nitrogens with one attached hydrogen (secondary N) is 1. The first-order valence-electron chi connectivity index (χ1n) is 7.82. The van der Waals surface area contributed by atoms with Crippen molar-refractivity contribution >= 4 is 28.2 Å². The van der Waals surface area contributed by atoms with E-state index in [1.807, 2.05) is 0 Å². The van der Waals surface area contributed by atoms with Gasteiger partial charge in [0, 0.05) is 19.5 Å². The average molecular weight is 383 g/mol. The lowest BCUT2D eigenvalue weighted by atomic mass is 9.87. The monoisotopic (exact) mass is 383 g/mol. The molecular formula is C17H16F3N3O2S. The second kappa shape index (κ2) is 6.71. The largest absolute Gasteiger partial charge is 0.416 e. The highest BCUT2D eigenvalue weighted by Crippen LogP contribution is 2.36. The minimum absolute atomic E-state index is 0.268. The first kappa shape index (κ1) is 18.4. The van der Waals surface area contributed by atoms with Crippen LogP contribution in [0.2, 0.25) is 0 Å². The molecule has 0 bridgehead atoms. The molecule has 1 N–H and O–H groups in total. The predicted molar refractivity (Wildman–Crippen MR) is 90.8 cm³/mol. The SMILES string of the molecule is Cc1ncc(NC(=O)[C@@H]2C(=O)N(C)C[C@H]2c2ccc(C(F)(F)F)cc2)s1. The fourth-order valence-corrected chi connectivity index (χ4v) is 3.71. The number of hydrogen-bond acceptors (Lipinski definition) is 4. The zero-order valence-electron chi connectivity index (χ0n) is 14.0. The Labute approximate surface area is 151 Å². The fraction of sp³-hybridized carbons (Fsp3) is 0.353. The number of carbonyl (C=O) groups is 2. The van der Waals surface area contributed by atoms with Crippen LogP contribution in [0.1, 0.15) is 22.1 Å². The van der Waals surface area contributed by atoms with E-state index in [9.17, 15) is 22.8 Å². The Balaban J connectivity index is 1.85. The van der Waals surface area contributed by atoms with Crippen molar-refractivity contribution in [3.05, 3.63) is 46.6 Å². The summed E-state index contributed by atoms with van der Waals surface area (Å²) in [5.41, 5.74) is -0.239. The number of nitrogens with zero attached hydrogens (tertiary/aromatic N) is 2. The van der Waals surface area contributed by atoms with Crippen LogP contribution in [0.4, 0.5) is 18.2 Å². The molecule has 2 heterocycles. The number of anilines is 1. The quantitative estimate of drug-likeness (QED) is 0.828. The number of amides is 2. The van der Waals surface area contributed by atoms with Crippen LogP contribution in [0.3, 0.4) is 0 Å². The van der Waals surface area contributed by atoms with Crippen molar-refractivity contribution in [3.8, 4) is 0 Å². The van der Waals surface area contributed by atoms with Gasteiger partial charge in [0.05, 0.1) is 16.8 Å². The maximum atomic E-state index is 12.7. The zero-order valence-corrected chi connectivity index (χ0v) is 14.8. The van der Waals surface area contributed by atoms with E-state index >= 15 is 0 Å². The lowest BCUT2D eigenvalue weighted by molar-refractivity contribution is -0.138. The third-order valence-corrected chi connectivity index (χ3v) is 5.16. The van der Waals surface area contributed by atoms with Crippen LogP contribution in [0, 0.1) is 12.8 Å². The summed E-state index contributed by atoms with van der Waals surface area (Å²) < 4.78 is 38.2. The van der Waals surface area contributed by atoms with Crippen LogP contribution in [-0.2, 0) is 15.8 Å². The number of likely N-dealkylation sites (tertiary alicyclic amines) is 1. The summed E-state index contributed by atoms with van der Waals surface area (Å²) >= 11 is 1.29. The van der Waals surface area contributed by atoms with E-state index in [1.165, 1.54) is 34.6 Å². The number of carbonyl (C=O) groups excluding carboxylic acids is 2. The molecule has 1 aliphatic heterocycles. The molecule has 1 aromatic heterocycles. The van der Waals surface area contributed by atoms with Gasteiger partial charge in [-0.15, -0.1) is 11.3 Å². The smallest absolute Gasteiger partial charge is 0.344 e. The third-order valence-electron chi connectivity index (χ3n) is 4.33. The number of rotatable bonds is 3. The topological polar surface area (TPSA) is 62.3 Å². The Morgan fingerprint density at radius 3 is 2.50 bits per heavy atom. The number of aromatic nitrogens is 1. The van der Waals surface area contributed by atoms with Crippen molar-refractivity contribution in [2.75, 3.05) is 18.9 Å². The van der Waals surface area contributed by atoms with E-state index in [4.69, 9.17) is 0 Å². The maximum absolute atomic E-state index is 12.7. The molecule has 9 heteroatoms. The van der Waals surface area contributed by atoms with Crippen molar-refractivity contribution in [2.24, 2.45) is 5.92 Å². The van der Waals surface area contributed by atoms with Gasteiger partial charge in [-0.25, -0.2) is 4.98 Å². The van der Waals surface area contributed by atoms with Gasteiger partial charge in [-0.2, -0.15) is 13.2 Å². The van der Waals surface area contributed by atoms with E-state index in [0.29, 0.717) is 10.6 Å². The Bertz CT molecular complexity index is 833. The number of aryl methyl sites for hydroxylation is 1. The first-order valence-corrected chi connectivity index (χ1v) is 8.64. The second-order valence-electron chi connectivity index (χ2n) is 6.16. The van der Waals surface area contributed by atoms with Crippen molar-refractivity contribution in [1.29, 1.82) is 0 Å². The van der Waals surface area contributed by atoms with Gasteiger partial charge in [-0.05, 0) is 24.6 Å². The van der Waals surface area contributed by atoms with Crippen LogP contribution < -0.4 is 5.32 Å². The molecule has 3 rings (SSSR count). The van der Waals surface area contributed by atoms with Gasteiger partial charge < -0.3 is 10.2 Å². The molecule has 5 nitrogen and oxygen atoms in total. The highest BCUT2D eigenvalue weighted by Gasteiger charge is 2.44. The summed E-state index contributed by atoms with van der Waals surface area (Å²) in [5, 5.41) is 3.98. The van der Waals surface area contributed by atoms with Crippen molar-refractivity contribution < 1.29 is 22.8 Å². The molecule has 2 atom stereocenters. The van der Waals surface area contributed by atoms with Crippen molar-refractivity contribution in [1.82, 2.24) is 9.88 Å². The molecule has 1 saturated heterocycles. The molecule has 0 unspecified atom stereocenters. The first-order chi connectivity index (χ1) is 12.2. The summed E-state index contributed by atoms with van der Waals surface area (Å²) in [6.07, 6.45) is -2.92. The lowest BCUT2D eigenvalue weighted by Gasteiger charge is -2.17. The summed E-state index contributed by atoms with van der Waals surface area (Å²) in [5.74, 6) is -2.33. The number of alkyl halides is 3. The normalized spacial score (nSPS) is 20.5. The molecule has 1 aliphatic rings. The van der Waals surface area contributed by atoms with Crippen molar-refractivity contribution in [2.45, 2.75) is 19.0 Å². The summed E-state index contributed by atoms with van der Waals surface area (Å²) in [4.78, 5) is 30.5. The molecule has 138 valence electrons.